The van der Waals surface area contributed by atoms with Crippen molar-refractivity contribution >= 4 is 35.1 Å². The molecule has 34 heavy (non-hydrogen) atoms. The Morgan fingerprint density at radius 2 is 2.06 bits per heavy atom. The van der Waals surface area contributed by atoms with Gasteiger partial charge < -0.3 is 26.0 Å². The number of pyridine rings is 1. The summed E-state index contributed by atoms with van der Waals surface area (Å²) in [6, 6.07) is 4.08. The SMILES string of the molecule is Nc1ncc(C#CCNC(=O)NCCCN2CCCC2)cc1OCCc1c(Cl)ccc(F)c1Cl. The van der Waals surface area contributed by atoms with Crippen LogP contribution in [-0.4, -0.2) is 55.2 Å². The fourth-order valence-electron chi connectivity index (χ4n) is 3.54. The molecule has 1 aliphatic heterocycles. The number of anilines is 1. The maximum Gasteiger partial charge on any atom is 0.315 e. The lowest BCUT2D eigenvalue weighted by molar-refractivity contribution is 0.241. The molecule has 4 N–H and O–H groups in total. The molecule has 10 heteroatoms. The van der Waals surface area contributed by atoms with Gasteiger partial charge in [-0.3, -0.25) is 0 Å². The van der Waals surface area contributed by atoms with E-state index in [0.717, 1.165) is 26.1 Å². The zero-order chi connectivity index (χ0) is 24.3. The van der Waals surface area contributed by atoms with E-state index in [-0.39, 0.29) is 30.0 Å². The van der Waals surface area contributed by atoms with Crippen LogP contribution in [0.25, 0.3) is 0 Å². The van der Waals surface area contributed by atoms with E-state index in [9.17, 15) is 9.18 Å². The molecule has 7 nitrogen and oxygen atoms in total. The van der Waals surface area contributed by atoms with Crippen LogP contribution in [0.1, 0.15) is 30.4 Å². The Morgan fingerprint density at radius 1 is 1.26 bits per heavy atom. The van der Waals surface area contributed by atoms with Gasteiger partial charge in [-0.15, -0.1) is 0 Å². The van der Waals surface area contributed by atoms with Gasteiger partial charge >= 0.3 is 6.03 Å². The summed E-state index contributed by atoms with van der Waals surface area (Å²) in [6.45, 7) is 4.32. The van der Waals surface area contributed by atoms with Crippen LogP contribution >= 0.6 is 23.2 Å². The first-order chi connectivity index (χ1) is 16.4. The number of likely N-dealkylation sites (tertiary alicyclic amines) is 1. The summed E-state index contributed by atoms with van der Waals surface area (Å²) < 4.78 is 19.3. The highest BCUT2D eigenvalue weighted by molar-refractivity contribution is 6.36. The molecular weight excluding hydrogens is 480 g/mol. The molecule has 0 radical (unpaired) electrons. The van der Waals surface area contributed by atoms with Crippen molar-refractivity contribution in [3.63, 3.8) is 0 Å². The fourth-order valence-corrected chi connectivity index (χ4v) is 4.10. The van der Waals surface area contributed by atoms with Crippen LogP contribution < -0.4 is 21.1 Å². The minimum absolute atomic E-state index is 0.0232. The van der Waals surface area contributed by atoms with Crippen molar-refractivity contribution in [3.05, 3.63) is 51.4 Å². The standard InChI is InChI=1S/C24H28Cl2FN5O2/c25-19-6-7-20(27)22(26)18(19)8-14-34-21-15-17(16-31-23(21)28)5-3-9-29-24(33)30-10-4-13-32-11-1-2-12-32/h6-7,15-16H,1-2,4,8-14H2,(H2,28,31)(H2,29,30,33). The molecular formula is C24H28Cl2FN5O2. The maximum atomic E-state index is 13.7. The highest BCUT2D eigenvalue weighted by Crippen LogP contribution is 2.28. The van der Waals surface area contributed by atoms with E-state index >= 15 is 0 Å². The molecule has 0 aliphatic carbocycles. The predicted molar refractivity (Wildman–Crippen MR) is 133 cm³/mol. The molecule has 0 bridgehead atoms. The fraction of sp³-hybridized carbons (Fsp3) is 0.417. The molecule has 182 valence electrons. The Balaban J connectivity index is 1.41. The monoisotopic (exact) mass is 507 g/mol. The third-order valence-corrected chi connectivity index (χ3v) is 6.10. The maximum absolute atomic E-state index is 13.7. The molecule has 2 amide bonds. The van der Waals surface area contributed by atoms with Gasteiger partial charge in [0.25, 0.3) is 0 Å². The number of hydrogen-bond donors (Lipinski definition) is 3. The summed E-state index contributed by atoms with van der Waals surface area (Å²) >= 11 is 12.1. The number of carbonyl (C=O) groups is 1. The van der Waals surface area contributed by atoms with E-state index in [1.54, 1.807) is 6.07 Å². The summed E-state index contributed by atoms with van der Waals surface area (Å²) in [7, 11) is 0. The number of nitrogen functional groups attached to an aromatic ring is 1. The van der Waals surface area contributed by atoms with Gasteiger partial charge in [0.2, 0.25) is 0 Å². The summed E-state index contributed by atoms with van der Waals surface area (Å²) in [5.74, 6) is 5.80. The zero-order valence-corrected chi connectivity index (χ0v) is 20.3. The minimum atomic E-state index is -0.538. The van der Waals surface area contributed by atoms with Crippen LogP contribution in [-0.2, 0) is 6.42 Å². The van der Waals surface area contributed by atoms with Crippen LogP contribution in [0.4, 0.5) is 15.0 Å². The molecule has 1 aromatic carbocycles. The molecule has 3 rings (SSSR count). The van der Waals surface area contributed by atoms with Crippen molar-refractivity contribution in [2.75, 3.05) is 45.1 Å². The summed E-state index contributed by atoms with van der Waals surface area (Å²) in [5.41, 5.74) is 6.93. The van der Waals surface area contributed by atoms with Gasteiger partial charge in [0.05, 0.1) is 18.2 Å². The van der Waals surface area contributed by atoms with Crippen molar-refractivity contribution in [2.24, 2.45) is 0 Å². The number of benzene rings is 1. The molecule has 1 aliphatic rings. The number of amides is 2. The Morgan fingerprint density at radius 3 is 2.85 bits per heavy atom. The van der Waals surface area contributed by atoms with Crippen molar-refractivity contribution < 1.29 is 13.9 Å². The second-order valence-corrected chi connectivity index (χ2v) is 8.63. The molecule has 0 unspecified atom stereocenters. The molecule has 0 spiro atoms. The van der Waals surface area contributed by atoms with E-state index in [1.165, 1.54) is 31.2 Å². The van der Waals surface area contributed by atoms with Crippen LogP contribution in [0, 0.1) is 17.7 Å². The number of hydrogen-bond acceptors (Lipinski definition) is 5. The highest BCUT2D eigenvalue weighted by Gasteiger charge is 2.12. The van der Waals surface area contributed by atoms with Crippen LogP contribution in [0.2, 0.25) is 10.0 Å². The number of aromatic nitrogens is 1. The number of rotatable bonds is 9. The lowest BCUT2D eigenvalue weighted by atomic mass is 10.1. The molecule has 1 fully saturated rings. The highest BCUT2D eigenvalue weighted by atomic mass is 35.5. The third-order valence-electron chi connectivity index (χ3n) is 5.34. The predicted octanol–water partition coefficient (Wildman–Crippen LogP) is 3.87. The van der Waals surface area contributed by atoms with Crippen LogP contribution in [0.15, 0.2) is 24.4 Å². The topological polar surface area (TPSA) is 92.5 Å². The van der Waals surface area contributed by atoms with Crippen LogP contribution in [0.3, 0.4) is 0 Å². The van der Waals surface area contributed by atoms with E-state index < -0.39 is 5.82 Å². The Hall–Kier alpha value is -2.73. The molecule has 1 aromatic heterocycles. The normalized spacial score (nSPS) is 13.3. The lowest BCUT2D eigenvalue weighted by Crippen LogP contribution is -2.37. The zero-order valence-electron chi connectivity index (χ0n) is 18.8. The van der Waals surface area contributed by atoms with Gasteiger partial charge in [0.15, 0.2) is 11.6 Å². The number of carbonyl (C=O) groups excluding carboxylic acids is 1. The van der Waals surface area contributed by atoms with Gasteiger partial charge in [-0.25, -0.2) is 14.2 Å². The average Bonchev–Trinajstić information content (AvgIpc) is 3.34. The summed E-state index contributed by atoms with van der Waals surface area (Å²) in [6.07, 6.45) is 5.27. The van der Waals surface area contributed by atoms with E-state index in [0.29, 0.717) is 34.9 Å². The van der Waals surface area contributed by atoms with Crippen molar-refractivity contribution in [1.29, 1.82) is 0 Å². The number of nitrogens with zero attached hydrogens (tertiary/aromatic N) is 2. The minimum Gasteiger partial charge on any atom is -0.489 e. The second kappa shape index (κ2) is 13.2. The van der Waals surface area contributed by atoms with E-state index in [4.69, 9.17) is 33.7 Å². The van der Waals surface area contributed by atoms with Gasteiger partial charge in [-0.05, 0) is 56.6 Å². The van der Waals surface area contributed by atoms with Crippen molar-refractivity contribution in [1.82, 2.24) is 20.5 Å². The van der Waals surface area contributed by atoms with E-state index in [2.05, 4.69) is 32.4 Å². The van der Waals surface area contributed by atoms with Crippen molar-refractivity contribution in [3.8, 4) is 17.6 Å². The Labute approximate surface area is 209 Å². The van der Waals surface area contributed by atoms with Gasteiger partial charge in [0, 0.05) is 35.8 Å². The van der Waals surface area contributed by atoms with Crippen molar-refractivity contribution in [2.45, 2.75) is 25.7 Å². The number of ether oxygens (including phenoxy) is 1. The number of nitrogens with one attached hydrogen (secondary N) is 2. The van der Waals surface area contributed by atoms with E-state index in [1.807, 2.05) is 0 Å². The lowest BCUT2D eigenvalue weighted by Gasteiger charge is -2.14. The first kappa shape index (κ1) is 25.9. The molecule has 0 saturated carbocycles. The largest absolute Gasteiger partial charge is 0.489 e. The second-order valence-electron chi connectivity index (χ2n) is 7.84. The number of urea groups is 1. The smallest absolute Gasteiger partial charge is 0.315 e. The van der Waals surface area contributed by atoms with Gasteiger partial charge in [-0.2, -0.15) is 0 Å². The summed E-state index contributed by atoms with van der Waals surface area (Å²) in [5, 5.41) is 5.88. The first-order valence-electron chi connectivity index (χ1n) is 11.2. The first-order valence-corrected chi connectivity index (χ1v) is 11.9. The quantitative estimate of drug-likeness (QED) is 0.272. The molecule has 1 saturated heterocycles. The molecule has 2 aromatic rings. The van der Waals surface area contributed by atoms with Crippen LogP contribution in [0.5, 0.6) is 5.75 Å². The van der Waals surface area contributed by atoms with Gasteiger partial charge in [0.1, 0.15) is 5.82 Å². The Bertz CT molecular complexity index is 1050. The number of nitrogens with two attached hydrogens (primary N) is 1. The average molecular weight is 508 g/mol. The Kier molecular flexibility index (Phi) is 10.1. The third kappa shape index (κ3) is 7.94. The summed E-state index contributed by atoms with van der Waals surface area (Å²) in [4.78, 5) is 18.4. The number of halogens is 3. The van der Waals surface area contributed by atoms with Gasteiger partial charge in [-0.1, -0.05) is 35.0 Å². The molecule has 0 atom stereocenters. The molecule has 2 heterocycles.